The molecular weight excluding hydrogens is 316 g/mol. The zero-order valence-electron chi connectivity index (χ0n) is 13.0. The van der Waals surface area contributed by atoms with Crippen molar-refractivity contribution in [2.45, 2.75) is 24.3 Å². The molecule has 1 aromatic carbocycles. The van der Waals surface area contributed by atoms with E-state index in [2.05, 4.69) is 10.3 Å². The zero-order valence-corrected chi connectivity index (χ0v) is 14.6. The number of benzene rings is 1. The summed E-state index contributed by atoms with van der Waals surface area (Å²) in [5.74, 6) is -0.0673. The van der Waals surface area contributed by atoms with Crippen LogP contribution < -0.4 is 5.32 Å². The highest BCUT2D eigenvalue weighted by atomic mass is 33.1. The Bertz CT molecular complexity index is 649. The summed E-state index contributed by atoms with van der Waals surface area (Å²) in [5, 5.41) is 3.90. The van der Waals surface area contributed by atoms with Gasteiger partial charge in [0.2, 0.25) is 0 Å². The molecule has 2 rings (SSSR count). The fourth-order valence-corrected chi connectivity index (χ4v) is 3.66. The van der Waals surface area contributed by atoms with Crippen molar-refractivity contribution in [3.8, 4) is 0 Å². The van der Waals surface area contributed by atoms with Crippen LogP contribution in [0.15, 0.2) is 35.4 Å². The maximum absolute atomic E-state index is 12.5. The van der Waals surface area contributed by atoms with Crippen LogP contribution in [0.1, 0.15) is 23.7 Å². The van der Waals surface area contributed by atoms with Crippen molar-refractivity contribution in [3.05, 3.63) is 36.0 Å². The van der Waals surface area contributed by atoms with Gasteiger partial charge in [-0.05, 0) is 37.8 Å². The first kappa shape index (κ1) is 17.1. The van der Waals surface area contributed by atoms with Gasteiger partial charge in [0.05, 0.1) is 5.52 Å². The molecule has 0 fully saturated rings. The Morgan fingerprint density at radius 1 is 1.41 bits per heavy atom. The lowest BCUT2D eigenvalue weighted by molar-refractivity contribution is 0.0931. The number of methoxy groups -OCH3 is 1. The first-order valence-corrected chi connectivity index (χ1v) is 9.61. The van der Waals surface area contributed by atoms with E-state index < -0.39 is 0 Å². The van der Waals surface area contributed by atoms with Crippen molar-refractivity contribution in [1.29, 1.82) is 0 Å². The fraction of sp³-hybridized carbons (Fsp3) is 0.375. The molecule has 1 amide bonds. The van der Waals surface area contributed by atoms with E-state index in [1.807, 2.05) is 37.4 Å². The predicted molar refractivity (Wildman–Crippen MR) is 94.5 cm³/mol. The maximum Gasteiger partial charge on any atom is 0.252 e. The summed E-state index contributed by atoms with van der Waals surface area (Å²) in [6, 6.07) is 7.72. The monoisotopic (exact) mass is 336 g/mol. The number of ether oxygens (including phenoxy) is 1. The van der Waals surface area contributed by atoms with E-state index >= 15 is 0 Å². The van der Waals surface area contributed by atoms with E-state index in [-0.39, 0.29) is 11.9 Å². The molecular formula is C16H20N2O2S2. The number of amides is 1. The Morgan fingerprint density at radius 3 is 2.95 bits per heavy atom. The molecule has 1 atom stereocenters. The summed E-state index contributed by atoms with van der Waals surface area (Å²) < 4.78 is 5.05. The zero-order chi connectivity index (χ0) is 15.9. The summed E-state index contributed by atoms with van der Waals surface area (Å²) >= 11 is 0. The average molecular weight is 336 g/mol. The third-order valence-electron chi connectivity index (χ3n) is 3.28. The standard InChI is InChI=1S/C16H20N2O2S2/c1-11(8-10-20-2)18-16(19)13-6-7-14(22-21-3)15-12(13)5-4-9-17-15/h4-7,9,11H,8,10H2,1-3H3,(H,18,19). The number of hydrogen-bond donors (Lipinski definition) is 1. The van der Waals surface area contributed by atoms with Crippen molar-refractivity contribution < 1.29 is 9.53 Å². The van der Waals surface area contributed by atoms with Crippen molar-refractivity contribution in [2.24, 2.45) is 0 Å². The van der Waals surface area contributed by atoms with E-state index in [0.29, 0.717) is 12.2 Å². The Balaban J connectivity index is 2.28. The highest BCUT2D eigenvalue weighted by Crippen LogP contribution is 2.34. The van der Waals surface area contributed by atoms with Crippen LogP contribution in [0.5, 0.6) is 0 Å². The van der Waals surface area contributed by atoms with E-state index in [4.69, 9.17) is 4.74 Å². The molecule has 118 valence electrons. The van der Waals surface area contributed by atoms with Gasteiger partial charge in [-0.15, -0.1) is 0 Å². The quantitative estimate of drug-likeness (QED) is 0.780. The van der Waals surface area contributed by atoms with Crippen molar-refractivity contribution in [2.75, 3.05) is 20.0 Å². The maximum atomic E-state index is 12.5. The SMILES string of the molecule is COCCC(C)NC(=O)c1ccc(SSC)c2ncccc12. The number of hydrogen-bond acceptors (Lipinski definition) is 5. The number of nitrogens with zero attached hydrogens (tertiary/aromatic N) is 1. The molecule has 2 aromatic rings. The minimum atomic E-state index is -0.0673. The van der Waals surface area contributed by atoms with Gasteiger partial charge >= 0.3 is 0 Å². The van der Waals surface area contributed by atoms with Crippen LogP contribution in [0.25, 0.3) is 10.9 Å². The summed E-state index contributed by atoms with van der Waals surface area (Å²) in [6.45, 7) is 2.61. The van der Waals surface area contributed by atoms with Crippen LogP contribution >= 0.6 is 21.6 Å². The van der Waals surface area contributed by atoms with Crippen LogP contribution in [-0.4, -0.2) is 36.9 Å². The topological polar surface area (TPSA) is 51.2 Å². The molecule has 0 saturated heterocycles. The highest BCUT2D eigenvalue weighted by Gasteiger charge is 2.15. The second-order valence-corrected chi connectivity index (χ2v) is 7.36. The number of rotatable bonds is 7. The Kier molecular flexibility index (Phi) is 6.54. The molecule has 4 nitrogen and oxygen atoms in total. The van der Waals surface area contributed by atoms with Gasteiger partial charge in [0.1, 0.15) is 0 Å². The summed E-state index contributed by atoms with van der Waals surface area (Å²) in [7, 11) is 4.98. The molecule has 0 bridgehead atoms. The van der Waals surface area contributed by atoms with Crippen molar-refractivity contribution in [1.82, 2.24) is 10.3 Å². The summed E-state index contributed by atoms with van der Waals surface area (Å²) in [4.78, 5) is 18.0. The highest BCUT2D eigenvalue weighted by molar-refractivity contribution is 8.76. The summed E-state index contributed by atoms with van der Waals surface area (Å²) in [5.41, 5.74) is 1.54. The Labute approximate surface area is 138 Å². The molecule has 0 aliphatic rings. The second kappa shape index (κ2) is 8.41. The van der Waals surface area contributed by atoms with E-state index in [1.54, 1.807) is 34.9 Å². The normalized spacial score (nSPS) is 12.3. The number of carbonyl (C=O) groups excluding carboxylic acids is 1. The minimum Gasteiger partial charge on any atom is -0.385 e. The van der Waals surface area contributed by atoms with Crippen LogP contribution in [0.4, 0.5) is 0 Å². The third kappa shape index (κ3) is 4.15. The van der Waals surface area contributed by atoms with Gasteiger partial charge in [0.15, 0.2) is 0 Å². The number of nitrogens with one attached hydrogen (secondary N) is 1. The van der Waals surface area contributed by atoms with E-state index in [1.165, 1.54) is 0 Å². The van der Waals surface area contributed by atoms with E-state index in [9.17, 15) is 4.79 Å². The average Bonchev–Trinajstić information content (AvgIpc) is 2.53. The lowest BCUT2D eigenvalue weighted by atomic mass is 10.1. The number of carbonyl (C=O) groups is 1. The Morgan fingerprint density at radius 2 is 2.23 bits per heavy atom. The van der Waals surface area contributed by atoms with E-state index in [0.717, 1.165) is 22.2 Å². The van der Waals surface area contributed by atoms with Gasteiger partial charge in [-0.25, -0.2) is 0 Å². The fourth-order valence-electron chi connectivity index (χ4n) is 2.17. The number of fused-ring (bicyclic) bond motifs is 1. The molecule has 1 unspecified atom stereocenters. The van der Waals surface area contributed by atoms with Gasteiger partial charge in [0.25, 0.3) is 5.91 Å². The lowest BCUT2D eigenvalue weighted by Crippen LogP contribution is -2.33. The molecule has 1 N–H and O–H groups in total. The van der Waals surface area contributed by atoms with Crippen LogP contribution in [0.3, 0.4) is 0 Å². The Hall–Kier alpha value is -1.24. The smallest absolute Gasteiger partial charge is 0.252 e. The van der Waals surface area contributed by atoms with Crippen LogP contribution in [0.2, 0.25) is 0 Å². The predicted octanol–water partition coefficient (Wildman–Crippen LogP) is 3.76. The third-order valence-corrected chi connectivity index (χ3v) is 5.00. The minimum absolute atomic E-state index is 0.0673. The first-order valence-electron chi connectivity index (χ1n) is 7.05. The van der Waals surface area contributed by atoms with Gasteiger partial charge in [0, 0.05) is 41.8 Å². The van der Waals surface area contributed by atoms with Crippen LogP contribution in [-0.2, 0) is 4.74 Å². The van der Waals surface area contributed by atoms with Gasteiger partial charge in [-0.3, -0.25) is 9.78 Å². The molecule has 0 saturated carbocycles. The summed E-state index contributed by atoms with van der Waals surface area (Å²) in [6.07, 6.45) is 4.58. The first-order chi connectivity index (χ1) is 10.7. The van der Waals surface area contributed by atoms with Crippen LogP contribution in [0, 0.1) is 0 Å². The van der Waals surface area contributed by atoms with Gasteiger partial charge in [-0.2, -0.15) is 0 Å². The molecule has 0 radical (unpaired) electrons. The molecule has 6 heteroatoms. The molecule has 0 aliphatic carbocycles. The second-order valence-electron chi connectivity index (χ2n) is 4.92. The van der Waals surface area contributed by atoms with Crippen molar-refractivity contribution >= 4 is 38.4 Å². The molecule has 1 aromatic heterocycles. The number of pyridine rings is 1. The molecule has 22 heavy (non-hydrogen) atoms. The largest absolute Gasteiger partial charge is 0.385 e. The van der Waals surface area contributed by atoms with Gasteiger partial charge in [-0.1, -0.05) is 27.7 Å². The molecule has 0 spiro atoms. The van der Waals surface area contributed by atoms with Crippen molar-refractivity contribution in [3.63, 3.8) is 0 Å². The molecule has 0 aliphatic heterocycles. The van der Waals surface area contributed by atoms with Gasteiger partial charge < -0.3 is 10.1 Å². The number of aromatic nitrogens is 1. The lowest BCUT2D eigenvalue weighted by Gasteiger charge is -2.15. The molecule has 1 heterocycles.